The Hall–Kier alpha value is -1.24. The average molecular weight is 252 g/mol. The van der Waals surface area contributed by atoms with Crippen LogP contribution in [0.5, 0.6) is 0 Å². The molecular formula is C14H24N2O2. The second-order valence-electron chi connectivity index (χ2n) is 6.05. The zero-order chi connectivity index (χ0) is 13.8. The molecule has 0 bridgehead atoms. The van der Waals surface area contributed by atoms with E-state index in [0.29, 0.717) is 13.1 Å². The monoisotopic (exact) mass is 252 g/mol. The fourth-order valence-corrected chi connectivity index (χ4v) is 2.32. The molecular weight excluding hydrogens is 228 g/mol. The molecule has 0 aromatic carbocycles. The van der Waals surface area contributed by atoms with Crippen LogP contribution in [0.15, 0.2) is 0 Å². The molecule has 0 saturated carbocycles. The van der Waals surface area contributed by atoms with Crippen LogP contribution < -0.4 is 0 Å². The Balaban J connectivity index is 2.54. The first-order valence-electron chi connectivity index (χ1n) is 6.68. The Kier molecular flexibility index (Phi) is 4.61. The van der Waals surface area contributed by atoms with Crippen molar-refractivity contribution in [3.05, 3.63) is 11.4 Å². The summed E-state index contributed by atoms with van der Waals surface area (Å²) in [6, 6.07) is 0. The van der Waals surface area contributed by atoms with Gasteiger partial charge in [0.15, 0.2) is 0 Å². The third kappa shape index (κ3) is 3.90. The van der Waals surface area contributed by atoms with Crippen molar-refractivity contribution in [1.82, 2.24) is 4.90 Å². The van der Waals surface area contributed by atoms with E-state index >= 15 is 0 Å². The average Bonchev–Trinajstić information content (AvgIpc) is 2.28. The maximum atomic E-state index is 11.9. The lowest BCUT2D eigenvalue weighted by Gasteiger charge is -2.34. The molecule has 4 heteroatoms. The molecule has 1 amide bonds. The Morgan fingerprint density at radius 2 is 1.94 bits per heavy atom. The third-order valence-corrected chi connectivity index (χ3v) is 3.30. The number of amides is 1. The highest BCUT2D eigenvalue weighted by atomic mass is 16.6. The highest BCUT2D eigenvalue weighted by molar-refractivity contribution is 5.68. The normalized spacial score (nSPS) is 19.2. The van der Waals surface area contributed by atoms with Crippen LogP contribution in [-0.2, 0) is 4.74 Å². The smallest absolute Gasteiger partial charge is 0.410 e. The van der Waals surface area contributed by atoms with Crippen LogP contribution in [0.2, 0.25) is 0 Å². The van der Waals surface area contributed by atoms with Crippen molar-refractivity contribution in [2.45, 2.75) is 64.5 Å². The number of rotatable bonds is 2. The maximum Gasteiger partial charge on any atom is 0.410 e. The van der Waals surface area contributed by atoms with E-state index < -0.39 is 5.60 Å². The second kappa shape index (κ2) is 5.60. The van der Waals surface area contributed by atoms with E-state index in [4.69, 9.17) is 11.3 Å². The number of carbonyl (C=O) groups is 1. The van der Waals surface area contributed by atoms with E-state index in [0.717, 1.165) is 25.7 Å². The maximum absolute atomic E-state index is 11.9. The van der Waals surface area contributed by atoms with Gasteiger partial charge in [-0.3, -0.25) is 0 Å². The lowest BCUT2D eigenvalue weighted by atomic mass is 9.84. The highest BCUT2D eigenvalue weighted by Gasteiger charge is 2.41. The zero-order valence-electron chi connectivity index (χ0n) is 12.0. The zero-order valence-corrected chi connectivity index (χ0v) is 12.0. The Morgan fingerprint density at radius 1 is 1.39 bits per heavy atom. The fourth-order valence-electron chi connectivity index (χ4n) is 2.32. The fraction of sp³-hybridized carbons (Fsp3) is 0.857. The van der Waals surface area contributed by atoms with Crippen LogP contribution in [0, 0.1) is 6.57 Å². The summed E-state index contributed by atoms with van der Waals surface area (Å²) < 4.78 is 5.35. The van der Waals surface area contributed by atoms with Crippen molar-refractivity contribution in [3.8, 4) is 0 Å². The predicted molar refractivity (Wildman–Crippen MR) is 71.3 cm³/mol. The van der Waals surface area contributed by atoms with Crippen molar-refractivity contribution in [2.75, 3.05) is 13.1 Å². The number of likely N-dealkylation sites (tertiary alicyclic amines) is 1. The van der Waals surface area contributed by atoms with Gasteiger partial charge in [-0.2, -0.15) is 0 Å². The van der Waals surface area contributed by atoms with Crippen molar-refractivity contribution in [2.24, 2.45) is 0 Å². The van der Waals surface area contributed by atoms with Gasteiger partial charge in [0.25, 0.3) is 0 Å². The largest absolute Gasteiger partial charge is 0.444 e. The summed E-state index contributed by atoms with van der Waals surface area (Å²) in [5.74, 6) is 0. The van der Waals surface area contributed by atoms with E-state index in [1.807, 2.05) is 20.8 Å². The molecule has 0 atom stereocenters. The number of ether oxygens (including phenoxy) is 1. The number of hydrogen-bond acceptors (Lipinski definition) is 2. The first-order valence-corrected chi connectivity index (χ1v) is 6.68. The van der Waals surface area contributed by atoms with Crippen molar-refractivity contribution < 1.29 is 9.53 Å². The van der Waals surface area contributed by atoms with Crippen LogP contribution in [0.4, 0.5) is 4.79 Å². The summed E-state index contributed by atoms with van der Waals surface area (Å²) in [6.07, 6.45) is 3.23. The van der Waals surface area contributed by atoms with Crippen LogP contribution >= 0.6 is 0 Å². The molecule has 102 valence electrons. The standard InChI is InChI=1S/C14H24N2O2/c1-6-7-14(15-5)8-10-16(11-9-14)12(17)18-13(2,3)4/h6-11H2,1-4H3. The molecule has 0 N–H and O–H groups in total. The van der Waals surface area contributed by atoms with Crippen molar-refractivity contribution >= 4 is 6.09 Å². The van der Waals surface area contributed by atoms with Gasteiger partial charge >= 0.3 is 6.09 Å². The molecule has 1 aliphatic heterocycles. The molecule has 0 radical (unpaired) electrons. The minimum atomic E-state index is -0.450. The van der Waals surface area contributed by atoms with Gasteiger partial charge in [0.1, 0.15) is 5.60 Å². The molecule has 0 aliphatic carbocycles. The summed E-state index contributed by atoms with van der Waals surface area (Å²) in [4.78, 5) is 17.4. The molecule has 4 nitrogen and oxygen atoms in total. The lowest BCUT2D eigenvalue weighted by molar-refractivity contribution is 0.0180. The minimum Gasteiger partial charge on any atom is -0.444 e. The van der Waals surface area contributed by atoms with Crippen molar-refractivity contribution in [1.29, 1.82) is 0 Å². The first kappa shape index (κ1) is 14.8. The van der Waals surface area contributed by atoms with Gasteiger partial charge in [0.05, 0.1) is 0 Å². The quantitative estimate of drug-likeness (QED) is 0.705. The number of nitrogens with zero attached hydrogens (tertiary/aromatic N) is 2. The SMILES string of the molecule is [C-]#[N+]C1(CCC)CCN(C(=O)OC(C)(C)C)CC1. The van der Waals surface area contributed by atoms with Crippen LogP contribution in [0.3, 0.4) is 0 Å². The Labute approximate surface area is 110 Å². The molecule has 0 aromatic heterocycles. The first-order chi connectivity index (χ1) is 8.32. The van der Waals surface area contributed by atoms with E-state index in [9.17, 15) is 4.79 Å². The lowest BCUT2D eigenvalue weighted by Crippen LogP contribution is -2.46. The number of piperidine rings is 1. The third-order valence-electron chi connectivity index (χ3n) is 3.30. The summed E-state index contributed by atoms with van der Waals surface area (Å²) in [5, 5.41) is 0. The Bertz CT molecular complexity index is 331. The van der Waals surface area contributed by atoms with Gasteiger partial charge in [-0.25, -0.2) is 11.4 Å². The molecule has 0 spiro atoms. The summed E-state index contributed by atoms with van der Waals surface area (Å²) >= 11 is 0. The van der Waals surface area contributed by atoms with Crippen LogP contribution in [0.1, 0.15) is 53.4 Å². The van der Waals surface area contributed by atoms with Gasteiger partial charge < -0.3 is 14.5 Å². The summed E-state index contributed by atoms with van der Waals surface area (Å²) in [7, 11) is 0. The van der Waals surface area contributed by atoms with Gasteiger partial charge in [-0.15, -0.1) is 0 Å². The van der Waals surface area contributed by atoms with E-state index in [-0.39, 0.29) is 11.6 Å². The van der Waals surface area contributed by atoms with Gasteiger partial charge in [0, 0.05) is 32.4 Å². The topological polar surface area (TPSA) is 33.9 Å². The molecule has 1 heterocycles. The molecule has 0 unspecified atom stereocenters. The van der Waals surface area contributed by atoms with Crippen LogP contribution in [0.25, 0.3) is 4.85 Å². The summed E-state index contributed by atoms with van der Waals surface area (Å²) in [6.45, 7) is 16.3. The van der Waals surface area contributed by atoms with Crippen molar-refractivity contribution in [3.63, 3.8) is 0 Å². The Morgan fingerprint density at radius 3 is 2.33 bits per heavy atom. The summed E-state index contributed by atoms with van der Waals surface area (Å²) in [5.41, 5.74) is -0.692. The van der Waals surface area contributed by atoms with Crippen LogP contribution in [-0.4, -0.2) is 35.2 Å². The van der Waals surface area contributed by atoms with E-state index in [2.05, 4.69) is 11.8 Å². The van der Waals surface area contributed by atoms with Gasteiger partial charge in [0.2, 0.25) is 5.54 Å². The second-order valence-corrected chi connectivity index (χ2v) is 6.05. The molecule has 18 heavy (non-hydrogen) atoms. The molecule has 0 aromatic rings. The molecule has 1 fully saturated rings. The van der Waals surface area contributed by atoms with Gasteiger partial charge in [-0.1, -0.05) is 6.92 Å². The van der Waals surface area contributed by atoms with E-state index in [1.54, 1.807) is 4.90 Å². The molecule has 1 saturated heterocycles. The number of hydrogen-bond donors (Lipinski definition) is 0. The molecule has 1 rings (SSSR count). The highest BCUT2D eigenvalue weighted by Crippen LogP contribution is 2.31. The predicted octanol–water partition coefficient (Wildman–Crippen LogP) is 3.48. The number of carbonyl (C=O) groups excluding carboxylic acids is 1. The minimum absolute atomic E-state index is 0.243. The molecule has 1 aliphatic rings. The van der Waals surface area contributed by atoms with E-state index in [1.165, 1.54) is 0 Å². The van der Waals surface area contributed by atoms with Gasteiger partial charge in [-0.05, 0) is 27.2 Å².